The smallest absolute Gasteiger partial charge is 0.207 e. The van der Waals surface area contributed by atoms with Crippen molar-refractivity contribution in [2.24, 2.45) is 0 Å². The van der Waals surface area contributed by atoms with Crippen molar-refractivity contribution in [1.82, 2.24) is 4.90 Å². The summed E-state index contributed by atoms with van der Waals surface area (Å²) in [6, 6.07) is 21.3. The van der Waals surface area contributed by atoms with Crippen molar-refractivity contribution < 1.29 is 13.5 Å². The van der Waals surface area contributed by atoms with Gasteiger partial charge in [0.05, 0.1) is 19.5 Å². The first kappa shape index (κ1) is 22.9. The summed E-state index contributed by atoms with van der Waals surface area (Å²) in [4.78, 5) is 2.26. The van der Waals surface area contributed by atoms with Gasteiger partial charge in [0.1, 0.15) is 0 Å². The van der Waals surface area contributed by atoms with Gasteiger partial charge >= 0.3 is 0 Å². The SMILES string of the molecule is C[Si](C)(C)OP(=O)(CCP(c1ccccc1)c1ccccc1)CN1CCOCC1. The van der Waals surface area contributed by atoms with Gasteiger partial charge in [0.25, 0.3) is 0 Å². The number of benzene rings is 2. The lowest BCUT2D eigenvalue weighted by molar-refractivity contribution is 0.0454. The van der Waals surface area contributed by atoms with Gasteiger partial charge in [-0.15, -0.1) is 0 Å². The molecule has 0 aromatic heterocycles. The molecule has 2 aromatic carbocycles. The summed E-state index contributed by atoms with van der Waals surface area (Å²) in [7, 11) is -5.24. The van der Waals surface area contributed by atoms with Crippen LogP contribution < -0.4 is 10.6 Å². The van der Waals surface area contributed by atoms with Crippen LogP contribution in [0.4, 0.5) is 0 Å². The standard InChI is InChI=1S/C22H33NO3P2Si/c1-29(2,3)26-28(24,20-23-14-16-25-17-15-23)19-18-27(21-10-6-4-7-11-21)22-12-8-5-9-13-22/h4-13H,14-20H2,1-3H3. The van der Waals surface area contributed by atoms with E-state index in [1.807, 2.05) is 0 Å². The molecule has 0 amide bonds. The largest absolute Gasteiger partial charge is 0.379 e. The molecule has 3 rings (SSSR count). The van der Waals surface area contributed by atoms with E-state index in [1.54, 1.807) is 0 Å². The zero-order chi connectivity index (χ0) is 20.7. The highest BCUT2D eigenvalue weighted by Gasteiger charge is 2.34. The van der Waals surface area contributed by atoms with E-state index in [2.05, 4.69) is 85.2 Å². The van der Waals surface area contributed by atoms with Crippen LogP contribution in [0, 0.1) is 0 Å². The molecular formula is C22H33NO3P2Si. The first-order chi connectivity index (χ1) is 13.8. The first-order valence-electron chi connectivity index (χ1n) is 10.3. The van der Waals surface area contributed by atoms with E-state index in [-0.39, 0.29) is 0 Å². The lowest BCUT2D eigenvalue weighted by Crippen LogP contribution is -2.38. The van der Waals surface area contributed by atoms with Gasteiger partial charge in [-0.2, -0.15) is 0 Å². The minimum absolute atomic E-state index is 0.549. The van der Waals surface area contributed by atoms with Crippen LogP contribution in [0.3, 0.4) is 0 Å². The Morgan fingerprint density at radius 1 is 0.966 bits per heavy atom. The minimum atomic E-state index is -2.76. The zero-order valence-corrected chi connectivity index (χ0v) is 20.6. The maximum Gasteiger partial charge on any atom is 0.207 e. The highest BCUT2D eigenvalue weighted by molar-refractivity contribution is 7.74. The van der Waals surface area contributed by atoms with Crippen molar-refractivity contribution in [1.29, 1.82) is 0 Å². The van der Waals surface area contributed by atoms with Crippen LogP contribution in [0.15, 0.2) is 60.7 Å². The van der Waals surface area contributed by atoms with Crippen molar-refractivity contribution >= 4 is 34.2 Å². The Kier molecular flexibility index (Phi) is 8.27. The summed E-state index contributed by atoms with van der Waals surface area (Å²) in [5, 5.41) is 2.67. The molecule has 4 nitrogen and oxygen atoms in total. The van der Waals surface area contributed by atoms with Gasteiger partial charge < -0.3 is 8.95 Å². The molecule has 1 atom stereocenters. The second kappa shape index (κ2) is 10.5. The second-order valence-corrected chi connectivity index (χ2v) is 18.1. The van der Waals surface area contributed by atoms with E-state index in [9.17, 15) is 4.57 Å². The maximum absolute atomic E-state index is 14.0. The lowest BCUT2D eigenvalue weighted by Gasteiger charge is -2.34. The number of ether oxygens (including phenoxy) is 1. The number of hydrogen-bond donors (Lipinski definition) is 0. The van der Waals surface area contributed by atoms with E-state index in [4.69, 9.17) is 8.95 Å². The molecule has 1 aliphatic rings. The summed E-state index contributed by atoms with van der Waals surface area (Å²) in [5.41, 5.74) is 0. The van der Waals surface area contributed by atoms with Gasteiger partial charge in [0.2, 0.25) is 7.37 Å². The Hall–Kier alpha value is -0.803. The van der Waals surface area contributed by atoms with Gasteiger partial charge in [0, 0.05) is 19.3 Å². The molecule has 0 bridgehead atoms. The van der Waals surface area contributed by atoms with Crippen molar-refractivity contribution in [3.63, 3.8) is 0 Å². The number of rotatable bonds is 9. The van der Waals surface area contributed by atoms with Gasteiger partial charge in [-0.1, -0.05) is 60.7 Å². The Bertz CT molecular complexity index is 753. The molecule has 0 aliphatic carbocycles. The summed E-state index contributed by atoms with van der Waals surface area (Å²) >= 11 is 0. The second-order valence-electron chi connectivity index (χ2n) is 8.44. The fraction of sp³-hybridized carbons (Fsp3) is 0.455. The van der Waals surface area contributed by atoms with Gasteiger partial charge in [-0.05, 0) is 44.3 Å². The van der Waals surface area contributed by atoms with Crippen LogP contribution in [-0.4, -0.2) is 58.1 Å². The topological polar surface area (TPSA) is 38.8 Å². The molecule has 1 aliphatic heterocycles. The normalized spacial score (nSPS) is 17.9. The Labute approximate surface area is 177 Å². The third kappa shape index (κ3) is 7.43. The predicted molar refractivity (Wildman–Crippen MR) is 128 cm³/mol. The molecule has 0 radical (unpaired) electrons. The van der Waals surface area contributed by atoms with Gasteiger partial charge in [0.15, 0.2) is 8.32 Å². The molecule has 158 valence electrons. The van der Waals surface area contributed by atoms with E-state index >= 15 is 0 Å². The number of morpholine rings is 1. The third-order valence-electron chi connectivity index (χ3n) is 4.76. The quantitative estimate of drug-likeness (QED) is 0.416. The highest BCUT2D eigenvalue weighted by Crippen LogP contribution is 2.52. The average molecular weight is 450 g/mol. The Balaban J connectivity index is 1.80. The van der Waals surface area contributed by atoms with Crippen LogP contribution in [0.1, 0.15) is 0 Å². The molecule has 1 saturated heterocycles. The van der Waals surface area contributed by atoms with E-state index in [0.717, 1.165) is 19.3 Å². The summed E-state index contributed by atoms with van der Waals surface area (Å²) < 4.78 is 25.8. The first-order valence-corrected chi connectivity index (χ1v) is 17.2. The molecule has 0 saturated carbocycles. The molecule has 1 heterocycles. The van der Waals surface area contributed by atoms with E-state index < -0.39 is 23.6 Å². The van der Waals surface area contributed by atoms with Crippen LogP contribution in [0.25, 0.3) is 0 Å². The molecular weight excluding hydrogens is 416 g/mol. The van der Waals surface area contributed by atoms with Gasteiger partial charge in [-0.25, -0.2) is 0 Å². The fourth-order valence-corrected chi connectivity index (χ4v) is 13.1. The molecule has 1 fully saturated rings. The Morgan fingerprint density at radius 2 is 1.48 bits per heavy atom. The molecule has 0 N–H and O–H groups in total. The fourth-order valence-electron chi connectivity index (χ4n) is 3.57. The molecule has 0 spiro atoms. The van der Waals surface area contributed by atoms with Crippen LogP contribution in [0.5, 0.6) is 0 Å². The van der Waals surface area contributed by atoms with Crippen molar-refractivity contribution in [3.05, 3.63) is 60.7 Å². The maximum atomic E-state index is 14.0. The molecule has 1 unspecified atom stereocenters. The van der Waals surface area contributed by atoms with Crippen molar-refractivity contribution in [3.8, 4) is 0 Å². The highest BCUT2D eigenvalue weighted by atomic mass is 31.2. The summed E-state index contributed by atoms with van der Waals surface area (Å²) in [5.74, 6) is 0. The average Bonchev–Trinajstić information content (AvgIpc) is 2.69. The monoisotopic (exact) mass is 449 g/mol. The van der Waals surface area contributed by atoms with Gasteiger partial charge in [-0.3, -0.25) is 9.46 Å². The number of nitrogens with zero attached hydrogens (tertiary/aromatic N) is 1. The predicted octanol–water partition coefficient (Wildman–Crippen LogP) is 4.54. The van der Waals surface area contributed by atoms with Crippen LogP contribution in [-0.2, 0) is 13.5 Å². The Morgan fingerprint density at radius 3 is 1.97 bits per heavy atom. The summed E-state index contributed by atoms with van der Waals surface area (Å²) in [6.45, 7) is 9.51. The van der Waals surface area contributed by atoms with Crippen molar-refractivity contribution in [2.75, 3.05) is 44.9 Å². The summed E-state index contributed by atoms with van der Waals surface area (Å²) in [6.07, 6.45) is 2.06. The lowest BCUT2D eigenvalue weighted by atomic mass is 10.4. The van der Waals surface area contributed by atoms with Crippen LogP contribution >= 0.6 is 15.3 Å². The van der Waals surface area contributed by atoms with Crippen LogP contribution in [0.2, 0.25) is 19.6 Å². The van der Waals surface area contributed by atoms with E-state index in [1.165, 1.54) is 10.6 Å². The molecule has 2 aromatic rings. The number of hydrogen-bond acceptors (Lipinski definition) is 4. The molecule has 7 heteroatoms. The van der Waals surface area contributed by atoms with Crippen molar-refractivity contribution in [2.45, 2.75) is 19.6 Å². The minimum Gasteiger partial charge on any atom is -0.379 e. The molecule has 29 heavy (non-hydrogen) atoms. The zero-order valence-electron chi connectivity index (χ0n) is 17.8. The van der Waals surface area contributed by atoms with E-state index in [0.29, 0.717) is 25.7 Å². The third-order valence-corrected chi connectivity index (χ3v) is 12.9.